The third kappa shape index (κ3) is 4.83. The Kier molecular flexibility index (Phi) is 6.99. The number of anilines is 4. The molecule has 2 nitrogen and oxygen atoms in total. The molecule has 2 atom stereocenters. The Morgan fingerprint density at radius 3 is 2.02 bits per heavy atom. The molecule has 51 heavy (non-hydrogen) atoms. The minimum absolute atomic E-state index is 0.0131. The van der Waals surface area contributed by atoms with Crippen LogP contribution in [0.3, 0.4) is 0 Å². The molecule has 0 amide bonds. The first-order chi connectivity index (χ1) is 24.3. The monoisotopic (exact) mass is 665 g/mol. The van der Waals surface area contributed by atoms with Gasteiger partial charge in [0, 0.05) is 33.7 Å². The summed E-state index contributed by atoms with van der Waals surface area (Å²) in [6.07, 6.45) is 4.97. The topological polar surface area (TPSA) is 15.3 Å². The van der Waals surface area contributed by atoms with Gasteiger partial charge in [-0.2, -0.15) is 0 Å². The summed E-state index contributed by atoms with van der Waals surface area (Å²) < 4.78 is 0. The van der Waals surface area contributed by atoms with Crippen molar-refractivity contribution in [3.05, 3.63) is 120 Å². The van der Waals surface area contributed by atoms with E-state index in [9.17, 15) is 0 Å². The standard InChI is InChI=1S/C48H50BN2/c1-45(2,3)33-19-21-35(22-20-33)50-40-26-31-16-10-9-15-30(31)25-37(40)42-36-18-12-11-17-32(36)27-41-43(42)49-39-29-34(46(4,5)6)28-38-44(39)51(41)48(8)24-14-13-23-47(38,48)7/h9-12,15-22,25-29,50H,13-14,23-24H2,1-8H3. The quantitative estimate of drug-likeness (QED) is 0.189. The summed E-state index contributed by atoms with van der Waals surface area (Å²) >= 11 is 0. The zero-order chi connectivity index (χ0) is 35.5. The molecule has 2 heterocycles. The van der Waals surface area contributed by atoms with Gasteiger partial charge in [0.1, 0.15) is 0 Å². The molecule has 3 heteroatoms. The fraction of sp³-hybridized carbons (Fsp3) is 0.333. The van der Waals surface area contributed by atoms with Crippen LogP contribution in [0.5, 0.6) is 0 Å². The molecule has 2 unspecified atom stereocenters. The summed E-state index contributed by atoms with van der Waals surface area (Å²) in [6, 6.07) is 39.3. The van der Waals surface area contributed by atoms with Gasteiger partial charge >= 0.3 is 0 Å². The van der Waals surface area contributed by atoms with Crippen LogP contribution in [0.15, 0.2) is 103 Å². The minimum atomic E-state index is -0.0131. The van der Waals surface area contributed by atoms with E-state index in [1.807, 2.05) is 0 Å². The van der Waals surface area contributed by atoms with Gasteiger partial charge in [-0.3, -0.25) is 0 Å². The number of nitrogens with zero attached hydrogens (tertiary/aromatic N) is 1. The first-order valence-corrected chi connectivity index (χ1v) is 19.1. The van der Waals surface area contributed by atoms with E-state index in [0.717, 1.165) is 11.4 Å². The third-order valence-corrected chi connectivity index (χ3v) is 12.9. The van der Waals surface area contributed by atoms with Crippen molar-refractivity contribution >= 4 is 62.5 Å². The maximum absolute atomic E-state index is 3.93. The molecule has 1 radical (unpaired) electrons. The van der Waals surface area contributed by atoms with Crippen molar-refractivity contribution in [2.75, 3.05) is 10.2 Å². The molecule has 1 fully saturated rings. The SMILES string of the molecule is CC(C)(C)c1ccc(Nc2cc3ccccc3cc2-c2c3c(cc4ccccc24)N2c4c(cc(C(C)(C)C)cc4C4(C)CCCCC24C)[B]3)cc1. The van der Waals surface area contributed by atoms with E-state index in [2.05, 4.69) is 176 Å². The van der Waals surface area contributed by atoms with Gasteiger partial charge < -0.3 is 10.2 Å². The molecule has 1 N–H and O–H groups in total. The Morgan fingerprint density at radius 2 is 1.31 bits per heavy atom. The van der Waals surface area contributed by atoms with E-state index in [1.165, 1.54) is 91.8 Å². The Labute approximate surface area is 305 Å². The lowest BCUT2D eigenvalue weighted by Gasteiger charge is -2.51. The van der Waals surface area contributed by atoms with Gasteiger partial charge in [0.15, 0.2) is 7.28 Å². The van der Waals surface area contributed by atoms with E-state index in [-0.39, 0.29) is 21.8 Å². The fourth-order valence-corrected chi connectivity index (χ4v) is 9.66. The molecule has 0 saturated heterocycles. The molecule has 0 aromatic heterocycles. The zero-order valence-electron chi connectivity index (χ0n) is 31.7. The lowest BCUT2D eigenvalue weighted by molar-refractivity contribution is 0.195. The van der Waals surface area contributed by atoms with Gasteiger partial charge in [-0.1, -0.05) is 140 Å². The third-order valence-electron chi connectivity index (χ3n) is 12.9. The number of hydrogen-bond acceptors (Lipinski definition) is 2. The molecule has 255 valence electrons. The van der Waals surface area contributed by atoms with Gasteiger partial charge in [0.2, 0.25) is 0 Å². The molecule has 6 aromatic carbocycles. The molecule has 0 spiro atoms. The Hall–Kier alpha value is -4.50. The maximum Gasteiger partial charge on any atom is 0.197 e. The average Bonchev–Trinajstić information content (AvgIpc) is 3.31. The molecule has 2 aliphatic heterocycles. The van der Waals surface area contributed by atoms with Crippen LogP contribution >= 0.6 is 0 Å². The van der Waals surface area contributed by atoms with Crippen molar-refractivity contribution in [1.29, 1.82) is 0 Å². The van der Waals surface area contributed by atoms with Gasteiger partial charge in [-0.05, 0) is 110 Å². The van der Waals surface area contributed by atoms with Crippen molar-refractivity contribution in [2.45, 2.75) is 103 Å². The van der Waals surface area contributed by atoms with Crippen LogP contribution < -0.4 is 21.1 Å². The lowest BCUT2D eigenvalue weighted by Crippen LogP contribution is -2.57. The number of nitrogens with one attached hydrogen (secondary N) is 1. The van der Waals surface area contributed by atoms with E-state index in [4.69, 9.17) is 0 Å². The summed E-state index contributed by atoms with van der Waals surface area (Å²) in [7, 11) is 2.54. The number of hydrogen-bond donors (Lipinski definition) is 1. The van der Waals surface area contributed by atoms with Crippen LogP contribution in [0.25, 0.3) is 32.7 Å². The van der Waals surface area contributed by atoms with Gasteiger partial charge in [0.25, 0.3) is 0 Å². The van der Waals surface area contributed by atoms with E-state index in [1.54, 1.807) is 5.56 Å². The summed E-state index contributed by atoms with van der Waals surface area (Å²) in [5, 5.41) is 9.00. The smallest absolute Gasteiger partial charge is 0.197 e. The molecular weight excluding hydrogens is 615 g/mol. The van der Waals surface area contributed by atoms with Crippen molar-refractivity contribution < 1.29 is 0 Å². The Balaban J connectivity index is 1.33. The summed E-state index contributed by atoms with van der Waals surface area (Å²) in [6.45, 7) is 19.1. The predicted octanol–water partition coefficient (Wildman–Crippen LogP) is 11.7. The van der Waals surface area contributed by atoms with Crippen LogP contribution in [0, 0.1) is 0 Å². The molecule has 0 bridgehead atoms. The number of rotatable bonds is 3. The van der Waals surface area contributed by atoms with Crippen molar-refractivity contribution in [3.63, 3.8) is 0 Å². The normalized spacial score (nSPS) is 20.9. The lowest BCUT2D eigenvalue weighted by atomic mass is 9.56. The predicted molar refractivity (Wildman–Crippen MR) is 222 cm³/mol. The van der Waals surface area contributed by atoms with E-state index >= 15 is 0 Å². The van der Waals surface area contributed by atoms with Crippen LogP contribution in [-0.4, -0.2) is 12.8 Å². The highest BCUT2D eigenvalue weighted by atomic mass is 15.3. The second-order valence-corrected chi connectivity index (χ2v) is 18.1. The van der Waals surface area contributed by atoms with Crippen LogP contribution in [0.4, 0.5) is 22.7 Å². The largest absolute Gasteiger partial charge is 0.355 e. The molecular formula is C48H50BN2. The Bertz CT molecular complexity index is 2370. The number of benzene rings is 6. The van der Waals surface area contributed by atoms with E-state index in [0.29, 0.717) is 0 Å². The van der Waals surface area contributed by atoms with Crippen LogP contribution in [0.1, 0.15) is 97.8 Å². The zero-order valence-corrected chi connectivity index (χ0v) is 31.7. The molecule has 9 rings (SSSR count). The van der Waals surface area contributed by atoms with Crippen LogP contribution in [-0.2, 0) is 16.2 Å². The van der Waals surface area contributed by atoms with Crippen molar-refractivity contribution in [2.24, 2.45) is 0 Å². The van der Waals surface area contributed by atoms with E-state index < -0.39 is 0 Å². The average molecular weight is 666 g/mol. The molecule has 1 aliphatic carbocycles. The second kappa shape index (κ2) is 11.0. The van der Waals surface area contributed by atoms with Crippen molar-refractivity contribution in [1.82, 2.24) is 0 Å². The van der Waals surface area contributed by atoms with Crippen molar-refractivity contribution in [3.8, 4) is 11.1 Å². The van der Waals surface area contributed by atoms with Crippen LogP contribution in [0.2, 0.25) is 0 Å². The first-order valence-electron chi connectivity index (χ1n) is 19.1. The molecule has 6 aromatic rings. The second-order valence-electron chi connectivity index (χ2n) is 18.1. The Morgan fingerprint density at radius 1 is 0.667 bits per heavy atom. The molecule has 1 saturated carbocycles. The summed E-state index contributed by atoms with van der Waals surface area (Å²) in [5.74, 6) is 0. The van der Waals surface area contributed by atoms with Gasteiger partial charge in [-0.15, -0.1) is 0 Å². The van der Waals surface area contributed by atoms with Gasteiger partial charge in [0.05, 0.1) is 5.54 Å². The highest BCUT2D eigenvalue weighted by molar-refractivity contribution is 6.74. The molecule has 3 aliphatic rings. The number of fused-ring (bicyclic) bond motifs is 7. The summed E-state index contributed by atoms with van der Waals surface area (Å²) in [4.78, 5) is 2.81. The maximum atomic E-state index is 3.93. The van der Waals surface area contributed by atoms with Gasteiger partial charge in [-0.25, -0.2) is 0 Å². The fourth-order valence-electron chi connectivity index (χ4n) is 9.66. The summed E-state index contributed by atoms with van der Waals surface area (Å²) in [5.41, 5.74) is 14.8. The minimum Gasteiger partial charge on any atom is -0.355 e. The highest BCUT2D eigenvalue weighted by Crippen LogP contribution is 2.61. The highest BCUT2D eigenvalue weighted by Gasteiger charge is 2.59. The first kappa shape index (κ1) is 32.4.